The number of hydrogen-bond donors (Lipinski definition) is 1. The highest BCUT2D eigenvalue weighted by molar-refractivity contribution is 6.33. The molecule has 0 aliphatic heterocycles. The Balaban J connectivity index is 1.66. The van der Waals surface area contributed by atoms with Crippen LogP contribution in [0.4, 0.5) is 5.69 Å². The lowest BCUT2D eigenvalue weighted by molar-refractivity contribution is 0.636. The monoisotopic (exact) mass is 257 g/mol. The number of halogens is 1. The van der Waals surface area contributed by atoms with Crippen molar-refractivity contribution in [2.24, 2.45) is 0 Å². The highest BCUT2D eigenvalue weighted by Crippen LogP contribution is 2.35. The van der Waals surface area contributed by atoms with E-state index in [4.69, 9.17) is 11.6 Å². The van der Waals surface area contributed by atoms with Gasteiger partial charge < -0.3 is 5.32 Å². The van der Waals surface area contributed by atoms with Crippen LogP contribution in [0.2, 0.25) is 5.02 Å². The van der Waals surface area contributed by atoms with Crippen molar-refractivity contribution < 1.29 is 0 Å². The molecule has 0 saturated heterocycles. The minimum Gasteiger partial charge on any atom is -0.383 e. The summed E-state index contributed by atoms with van der Waals surface area (Å²) in [5.74, 6) is 0.624. The number of anilines is 1. The maximum Gasteiger partial charge on any atom is 0.0640 e. The van der Waals surface area contributed by atoms with E-state index < -0.39 is 0 Å². The van der Waals surface area contributed by atoms with Crippen molar-refractivity contribution in [2.75, 3.05) is 11.9 Å². The molecule has 1 nitrogen and oxygen atoms in total. The van der Waals surface area contributed by atoms with Gasteiger partial charge in [0, 0.05) is 12.5 Å². The molecule has 0 spiro atoms. The zero-order valence-electron chi connectivity index (χ0n) is 10.4. The Morgan fingerprint density at radius 1 is 1.22 bits per heavy atom. The standard InChI is InChI=1S/C16H16ClN/c1-11-6-7-16(15(17)8-11)18-10-13-9-12-4-2-3-5-14(12)13/h2-8,13,18H,9-10H2,1H3. The highest BCUT2D eigenvalue weighted by atomic mass is 35.5. The largest absolute Gasteiger partial charge is 0.383 e. The Bertz CT molecular complexity index is 577. The van der Waals surface area contributed by atoms with Gasteiger partial charge in [0.25, 0.3) is 0 Å². The van der Waals surface area contributed by atoms with Crippen LogP contribution in [-0.2, 0) is 6.42 Å². The molecule has 0 bridgehead atoms. The fourth-order valence-electron chi connectivity index (χ4n) is 2.54. The smallest absolute Gasteiger partial charge is 0.0640 e. The lowest BCUT2D eigenvalue weighted by atomic mass is 9.77. The first-order valence-corrected chi connectivity index (χ1v) is 6.69. The van der Waals surface area contributed by atoms with E-state index in [1.54, 1.807) is 0 Å². The molecular weight excluding hydrogens is 242 g/mol. The molecule has 1 N–H and O–H groups in total. The van der Waals surface area contributed by atoms with Gasteiger partial charge in [-0.2, -0.15) is 0 Å². The topological polar surface area (TPSA) is 12.0 Å². The van der Waals surface area contributed by atoms with Crippen LogP contribution in [-0.4, -0.2) is 6.54 Å². The first kappa shape index (κ1) is 11.6. The molecule has 0 fully saturated rings. The van der Waals surface area contributed by atoms with Crippen molar-refractivity contribution in [1.29, 1.82) is 0 Å². The summed E-state index contributed by atoms with van der Waals surface area (Å²) < 4.78 is 0. The second kappa shape index (κ2) is 4.66. The van der Waals surface area contributed by atoms with Gasteiger partial charge in [0.15, 0.2) is 0 Å². The van der Waals surface area contributed by atoms with Crippen molar-refractivity contribution in [2.45, 2.75) is 19.3 Å². The molecule has 0 amide bonds. The van der Waals surface area contributed by atoms with E-state index in [1.807, 2.05) is 6.07 Å². The first-order chi connectivity index (χ1) is 8.74. The fraction of sp³-hybridized carbons (Fsp3) is 0.250. The average molecular weight is 258 g/mol. The van der Waals surface area contributed by atoms with Gasteiger partial charge in [-0.3, -0.25) is 0 Å². The predicted octanol–water partition coefficient (Wildman–Crippen LogP) is 4.40. The Labute approximate surface area is 113 Å². The third kappa shape index (κ3) is 2.11. The quantitative estimate of drug-likeness (QED) is 0.859. The molecule has 1 unspecified atom stereocenters. The summed E-state index contributed by atoms with van der Waals surface area (Å²) in [4.78, 5) is 0. The third-order valence-electron chi connectivity index (χ3n) is 3.62. The van der Waals surface area contributed by atoms with Gasteiger partial charge in [-0.15, -0.1) is 0 Å². The summed E-state index contributed by atoms with van der Waals surface area (Å²) in [7, 11) is 0. The summed E-state index contributed by atoms with van der Waals surface area (Å²) >= 11 is 6.21. The minimum atomic E-state index is 0.624. The summed E-state index contributed by atoms with van der Waals surface area (Å²) in [5, 5.41) is 4.26. The first-order valence-electron chi connectivity index (χ1n) is 6.32. The Kier molecular flexibility index (Phi) is 3.00. The van der Waals surface area contributed by atoms with Crippen molar-refractivity contribution in [3.05, 3.63) is 64.2 Å². The number of fused-ring (bicyclic) bond motifs is 1. The van der Waals surface area contributed by atoms with Gasteiger partial charge in [-0.1, -0.05) is 41.9 Å². The van der Waals surface area contributed by atoms with Crippen molar-refractivity contribution in [3.63, 3.8) is 0 Å². The van der Waals surface area contributed by atoms with E-state index >= 15 is 0 Å². The number of rotatable bonds is 3. The third-order valence-corrected chi connectivity index (χ3v) is 3.94. The van der Waals surface area contributed by atoms with E-state index in [0.717, 1.165) is 17.3 Å². The van der Waals surface area contributed by atoms with Crippen LogP contribution >= 0.6 is 11.6 Å². The average Bonchev–Trinajstić information content (AvgIpc) is 2.33. The lowest BCUT2D eigenvalue weighted by Crippen LogP contribution is -2.24. The van der Waals surface area contributed by atoms with Crippen molar-refractivity contribution in [1.82, 2.24) is 0 Å². The Morgan fingerprint density at radius 2 is 2.06 bits per heavy atom. The predicted molar refractivity (Wildman–Crippen MR) is 77.6 cm³/mol. The van der Waals surface area contributed by atoms with E-state index in [0.29, 0.717) is 5.92 Å². The summed E-state index contributed by atoms with van der Waals surface area (Å²) in [6, 6.07) is 14.8. The molecule has 1 aliphatic carbocycles. The molecule has 18 heavy (non-hydrogen) atoms. The Hall–Kier alpha value is -1.47. The lowest BCUT2D eigenvalue weighted by Gasteiger charge is -2.30. The number of hydrogen-bond acceptors (Lipinski definition) is 1. The number of nitrogens with one attached hydrogen (secondary N) is 1. The van der Waals surface area contributed by atoms with E-state index in [9.17, 15) is 0 Å². The van der Waals surface area contributed by atoms with Crippen LogP contribution in [0.3, 0.4) is 0 Å². The molecule has 2 heteroatoms. The summed E-state index contributed by atoms with van der Waals surface area (Å²) in [6.07, 6.45) is 1.17. The van der Waals surface area contributed by atoms with Crippen molar-refractivity contribution in [3.8, 4) is 0 Å². The summed E-state index contributed by atoms with van der Waals surface area (Å²) in [6.45, 7) is 3.01. The molecule has 1 aliphatic rings. The molecule has 92 valence electrons. The zero-order valence-corrected chi connectivity index (χ0v) is 11.2. The summed E-state index contributed by atoms with van der Waals surface area (Å²) in [5.41, 5.74) is 5.19. The molecule has 2 aromatic carbocycles. The minimum absolute atomic E-state index is 0.624. The van der Waals surface area contributed by atoms with Gasteiger partial charge in [0.05, 0.1) is 10.7 Å². The molecular formula is C16H16ClN. The Morgan fingerprint density at radius 3 is 2.83 bits per heavy atom. The van der Waals surface area contributed by atoms with Crippen LogP contribution in [0.15, 0.2) is 42.5 Å². The molecule has 0 radical (unpaired) electrons. The van der Waals surface area contributed by atoms with Gasteiger partial charge in [-0.05, 0) is 42.2 Å². The second-order valence-electron chi connectivity index (χ2n) is 4.96. The molecule has 3 rings (SSSR count). The highest BCUT2D eigenvalue weighted by Gasteiger charge is 2.24. The zero-order chi connectivity index (χ0) is 12.5. The SMILES string of the molecule is Cc1ccc(NCC2Cc3ccccc32)c(Cl)c1. The van der Waals surface area contributed by atoms with E-state index in [2.05, 4.69) is 48.6 Å². The van der Waals surface area contributed by atoms with Gasteiger partial charge in [-0.25, -0.2) is 0 Å². The van der Waals surface area contributed by atoms with Crippen LogP contribution in [0.5, 0.6) is 0 Å². The van der Waals surface area contributed by atoms with Crippen LogP contribution in [0, 0.1) is 6.92 Å². The van der Waals surface area contributed by atoms with Gasteiger partial charge >= 0.3 is 0 Å². The van der Waals surface area contributed by atoms with E-state index in [-0.39, 0.29) is 0 Å². The van der Waals surface area contributed by atoms with Crippen LogP contribution < -0.4 is 5.32 Å². The molecule has 0 aromatic heterocycles. The molecule has 0 saturated carbocycles. The number of benzene rings is 2. The second-order valence-corrected chi connectivity index (χ2v) is 5.37. The van der Waals surface area contributed by atoms with Gasteiger partial charge in [0.1, 0.15) is 0 Å². The van der Waals surface area contributed by atoms with Crippen LogP contribution in [0.1, 0.15) is 22.6 Å². The molecule has 0 heterocycles. The maximum absolute atomic E-state index is 6.21. The van der Waals surface area contributed by atoms with Crippen LogP contribution in [0.25, 0.3) is 0 Å². The van der Waals surface area contributed by atoms with Crippen molar-refractivity contribution >= 4 is 17.3 Å². The normalized spacial score (nSPS) is 16.9. The van der Waals surface area contributed by atoms with Gasteiger partial charge in [0.2, 0.25) is 0 Å². The fourth-order valence-corrected chi connectivity index (χ4v) is 2.84. The molecule has 1 atom stereocenters. The number of aryl methyl sites for hydroxylation is 1. The van der Waals surface area contributed by atoms with E-state index in [1.165, 1.54) is 23.1 Å². The maximum atomic E-state index is 6.21. The molecule has 2 aromatic rings.